The lowest BCUT2D eigenvalue weighted by molar-refractivity contribution is -0.394. The summed E-state index contributed by atoms with van der Waals surface area (Å²) in [6.07, 6.45) is 0. The third-order valence-corrected chi connectivity index (χ3v) is 5.87. The highest BCUT2D eigenvalue weighted by molar-refractivity contribution is 7.54. The lowest BCUT2D eigenvalue weighted by Crippen LogP contribution is -2.29. The van der Waals surface area contributed by atoms with Crippen molar-refractivity contribution in [1.82, 2.24) is 5.32 Å². The van der Waals surface area contributed by atoms with Gasteiger partial charge in [-0.25, -0.2) is 0 Å². The Morgan fingerprint density at radius 2 is 1.50 bits per heavy atom. The van der Waals surface area contributed by atoms with Gasteiger partial charge in [-0.3, -0.25) is 29.6 Å². The molecule has 0 fully saturated rings. The maximum absolute atomic E-state index is 12.9. The molecule has 0 heterocycles. The summed E-state index contributed by atoms with van der Waals surface area (Å²) in [4.78, 5) is 33.0. The van der Waals surface area contributed by atoms with Gasteiger partial charge in [-0.2, -0.15) is 0 Å². The maximum atomic E-state index is 12.9. The summed E-state index contributed by atoms with van der Waals surface area (Å²) in [6, 6.07) is 10.6. The highest BCUT2D eigenvalue weighted by Gasteiger charge is 2.37. The minimum atomic E-state index is -3.85. The number of benzene rings is 2. The summed E-state index contributed by atoms with van der Waals surface area (Å²) in [5, 5.41) is 24.5. The molecule has 148 valence electrons. The van der Waals surface area contributed by atoms with Crippen LogP contribution in [-0.4, -0.2) is 30.0 Å². The van der Waals surface area contributed by atoms with Gasteiger partial charge in [0.2, 0.25) is 0 Å². The van der Waals surface area contributed by atoms with E-state index in [9.17, 15) is 29.6 Å². The largest absolute Gasteiger partial charge is 0.356 e. The predicted octanol–water partition coefficient (Wildman–Crippen LogP) is 3.42. The third-order valence-electron chi connectivity index (χ3n) is 3.79. The lowest BCUT2D eigenvalue weighted by Gasteiger charge is -2.25. The van der Waals surface area contributed by atoms with Crippen LogP contribution < -0.4 is 5.32 Å². The molecule has 0 aliphatic heterocycles. The summed E-state index contributed by atoms with van der Waals surface area (Å²) in [7, 11) is -1.56. The Bertz CT molecular complexity index is 910. The normalized spacial score (nSPS) is 12.2. The average molecular weight is 409 g/mol. The van der Waals surface area contributed by atoms with Crippen LogP contribution in [0.3, 0.4) is 0 Å². The molecule has 0 spiro atoms. The van der Waals surface area contributed by atoms with Gasteiger partial charge in [0.15, 0.2) is 5.78 Å². The maximum Gasteiger partial charge on any atom is 0.356 e. The number of non-ortho nitro benzene ring substituents is 2. The molecule has 2 aromatic carbocycles. The molecule has 0 bridgehead atoms. The molecule has 0 aliphatic rings. The van der Waals surface area contributed by atoms with Gasteiger partial charge in [0, 0.05) is 26.4 Å². The van der Waals surface area contributed by atoms with Crippen molar-refractivity contribution < 1.29 is 28.3 Å². The van der Waals surface area contributed by atoms with Gasteiger partial charge in [0.1, 0.15) is 0 Å². The zero-order valence-electron chi connectivity index (χ0n) is 14.8. The van der Waals surface area contributed by atoms with Crippen LogP contribution in [0.1, 0.15) is 21.7 Å². The number of nitro benzene ring substituents is 2. The van der Waals surface area contributed by atoms with Crippen molar-refractivity contribution in [3.05, 3.63) is 79.9 Å². The average Bonchev–Trinajstić information content (AvgIpc) is 2.71. The van der Waals surface area contributed by atoms with E-state index in [1.165, 1.54) is 0 Å². The Balaban J connectivity index is 2.48. The van der Waals surface area contributed by atoms with Crippen LogP contribution in [0.25, 0.3) is 0 Å². The van der Waals surface area contributed by atoms with Crippen LogP contribution in [0.4, 0.5) is 11.4 Å². The van der Waals surface area contributed by atoms with Crippen LogP contribution in [0.15, 0.2) is 48.5 Å². The Morgan fingerprint density at radius 1 is 1.00 bits per heavy atom. The van der Waals surface area contributed by atoms with E-state index in [4.69, 9.17) is 9.05 Å². The number of carbonyl (C=O) groups is 1. The molecule has 1 amide bonds. The van der Waals surface area contributed by atoms with E-state index >= 15 is 0 Å². The lowest BCUT2D eigenvalue weighted by atomic mass is 10.1. The van der Waals surface area contributed by atoms with Gasteiger partial charge in [-0.1, -0.05) is 30.3 Å². The molecular weight excluding hydrogens is 393 g/mol. The summed E-state index contributed by atoms with van der Waals surface area (Å²) in [5.74, 6) is -2.16. The first kappa shape index (κ1) is 21.2. The Kier molecular flexibility index (Phi) is 6.57. The number of nitrogens with one attached hydrogen (secondary N) is 1. The van der Waals surface area contributed by atoms with Crippen LogP contribution in [-0.2, 0) is 13.6 Å². The topological polar surface area (TPSA) is 151 Å². The second-order valence-electron chi connectivity index (χ2n) is 5.44. The van der Waals surface area contributed by atoms with Gasteiger partial charge in [-0.15, -0.1) is 0 Å². The number of nitro groups is 2. The molecule has 0 unspecified atom stereocenters. The predicted molar refractivity (Wildman–Crippen MR) is 98.0 cm³/mol. The van der Waals surface area contributed by atoms with Crippen molar-refractivity contribution in [3.8, 4) is 0 Å². The zero-order valence-corrected chi connectivity index (χ0v) is 15.7. The van der Waals surface area contributed by atoms with E-state index in [0.29, 0.717) is 5.56 Å². The molecule has 0 aliphatic carbocycles. The van der Waals surface area contributed by atoms with E-state index in [1.54, 1.807) is 30.3 Å². The number of nitrogens with zero attached hydrogens (tertiary/aromatic N) is 2. The van der Waals surface area contributed by atoms with Crippen molar-refractivity contribution in [3.63, 3.8) is 0 Å². The van der Waals surface area contributed by atoms with Crippen molar-refractivity contribution in [2.75, 3.05) is 14.2 Å². The quantitative estimate of drug-likeness (QED) is 0.396. The van der Waals surface area contributed by atoms with E-state index in [1.807, 2.05) is 0 Å². The zero-order chi connectivity index (χ0) is 20.9. The highest BCUT2D eigenvalue weighted by atomic mass is 31.2. The molecule has 2 rings (SSSR count). The van der Waals surface area contributed by atoms with Crippen LogP contribution >= 0.6 is 7.60 Å². The molecule has 0 aromatic heterocycles. The van der Waals surface area contributed by atoms with Gasteiger partial charge < -0.3 is 14.4 Å². The van der Waals surface area contributed by atoms with Gasteiger partial charge in [-0.05, 0) is 5.56 Å². The molecule has 0 saturated carbocycles. The molecule has 0 radical (unpaired) electrons. The first-order valence-corrected chi connectivity index (χ1v) is 9.34. The molecule has 2 aromatic rings. The number of rotatable bonds is 8. The summed E-state index contributed by atoms with van der Waals surface area (Å²) >= 11 is 0. The second kappa shape index (κ2) is 8.70. The number of carbonyl (C=O) groups excluding carboxylic acids is 1. The first-order chi connectivity index (χ1) is 13.2. The van der Waals surface area contributed by atoms with Crippen molar-refractivity contribution in [2.45, 2.75) is 5.78 Å². The Hall–Kier alpha value is -3.14. The SMILES string of the molecule is COP(=O)(OC)[C@@H](NC(=O)c1cc([N+](=O)[O-])cc([N+](=O)[O-])c1)c1ccccc1. The molecule has 1 atom stereocenters. The van der Waals surface area contributed by atoms with Crippen molar-refractivity contribution >= 4 is 24.9 Å². The second-order valence-corrected chi connectivity index (χ2v) is 7.77. The molecule has 1 N–H and O–H groups in total. The highest BCUT2D eigenvalue weighted by Crippen LogP contribution is 2.58. The van der Waals surface area contributed by atoms with Crippen LogP contribution in [0.5, 0.6) is 0 Å². The Morgan fingerprint density at radius 3 is 1.93 bits per heavy atom. The first-order valence-electron chi connectivity index (χ1n) is 7.72. The number of hydrogen-bond acceptors (Lipinski definition) is 8. The molecular formula is C16H16N3O8P. The fourth-order valence-corrected chi connectivity index (χ4v) is 3.79. The fourth-order valence-electron chi connectivity index (χ4n) is 2.41. The van der Waals surface area contributed by atoms with E-state index in [0.717, 1.165) is 32.4 Å². The molecule has 12 heteroatoms. The minimum absolute atomic E-state index is 0.347. The fraction of sp³-hybridized carbons (Fsp3) is 0.188. The monoisotopic (exact) mass is 409 g/mol. The summed E-state index contributed by atoms with van der Waals surface area (Å²) in [5.41, 5.74) is -1.21. The van der Waals surface area contributed by atoms with Crippen molar-refractivity contribution in [1.29, 1.82) is 0 Å². The molecule has 28 heavy (non-hydrogen) atoms. The van der Waals surface area contributed by atoms with Crippen LogP contribution in [0, 0.1) is 20.2 Å². The smallest absolute Gasteiger partial charge is 0.334 e. The number of amides is 1. The Labute approximate surface area is 159 Å². The van der Waals surface area contributed by atoms with Crippen molar-refractivity contribution in [2.24, 2.45) is 0 Å². The van der Waals surface area contributed by atoms with Gasteiger partial charge >= 0.3 is 7.60 Å². The third kappa shape index (κ3) is 4.58. The standard InChI is InChI=1S/C16H16N3O8P/c1-26-28(25,27-2)16(11-6-4-3-5-7-11)17-15(20)12-8-13(18(21)22)10-14(9-12)19(23)24/h3-10,16H,1-2H3,(H,17,20)/t16-/m1/s1. The molecule has 11 nitrogen and oxygen atoms in total. The van der Waals surface area contributed by atoms with Crippen LogP contribution in [0.2, 0.25) is 0 Å². The van der Waals surface area contributed by atoms with Gasteiger partial charge in [0.05, 0.1) is 21.5 Å². The minimum Gasteiger partial charge on any atom is -0.334 e. The van der Waals surface area contributed by atoms with E-state index < -0.39 is 40.5 Å². The number of hydrogen-bond donors (Lipinski definition) is 1. The summed E-state index contributed by atoms with van der Waals surface area (Å²) in [6.45, 7) is 0. The van der Waals surface area contributed by atoms with E-state index in [-0.39, 0.29) is 5.56 Å². The summed E-state index contributed by atoms with van der Waals surface area (Å²) < 4.78 is 22.8. The molecule has 0 saturated heterocycles. The van der Waals surface area contributed by atoms with E-state index in [2.05, 4.69) is 5.32 Å². The van der Waals surface area contributed by atoms with Gasteiger partial charge in [0.25, 0.3) is 17.3 Å².